The Bertz CT molecular complexity index is 768. The maximum absolute atomic E-state index is 13.1. The Morgan fingerprint density at radius 3 is 2.63 bits per heavy atom. The summed E-state index contributed by atoms with van der Waals surface area (Å²) in [5, 5.41) is 2.56. The minimum absolute atomic E-state index is 0.0505. The highest BCUT2D eigenvalue weighted by atomic mass is 19.4. The molecule has 1 N–H and O–H groups in total. The van der Waals surface area contributed by atoms with Crippen LogP contribution in [0.1, 0.15) is 43.6 Å². The Labute approximate surface area is 156 Å². The van der Waals surface area contributed by atoms with Crippen molar-refractivity contribution in [1.82, 2.24) is 10.3 Å². The fraction of sp³-hybridized carbons (Fsp3) is 0.500. The van der Waals surface area contributed by atoms with E-state index in [1.54, 1.807) is 6.20 Å². The van der Waals surface area contributed by atoms with Gasteiger partial charge < -0.3 is 9.73 Å². The zero-order valence-corrected chi connectivity index (χ0v) is 15.2. The molecule has 0 radical (unpaired) electrons. The van der Waals surface area contributed by atoms with Gasteiger partial charge in [-0.3, -0.25) is 4.79 Å². The van der Waals surface area contributed by atoms with Crippen molar-refractivity contribution in [3.05, 3.63) is 41.9 Å². The predicted molar refractivity (Wildman–Crippen MR) is 94.9 cm³/mol. The number of halogens is 3. The summed E-state index contributed by atoms with van der Waals surface area (Å²) in [6.45, 7) is 1.99. The largest absolute Gasteiger partial charge is 0.441 e. The van der Waals surface area contributed by atoms with Crippen LogP contribution in [-0.4, -0.2) is 23.1 Å². The Hall–Kier alpha value is -2.31. The van der Waals surface area contributed by atoms with Crippen LogP contribution < -0.4 is 5.32 Å². The van der Waals surface area contributed by atoms with Gasteiger partial charge in [-0.15, -0.1) is 0 Å². The molecule has 4 nitrogen and oxygen atoms in total. The van der Waals surface area contributed by atoms with Crippen molar-refractivity contribution in [3.8, 4) is 11.3 Å². The summed E-state index contributed by atoms with van der Waals surface area (Å²) >= 11 is 0. The molecule has 2 unspecified atom stereocenters. The van der Waals surface area contributed by atoms with E-state index in [1.807, 2.05) is 31.2 Å². The van der Waals surface area contributed by atoms with Gasteiger partial charge in [0.15, 0.2) is 11.7 Å². The van der Waals surface area contributed by atoms with Crippen LogP contribution in [0.25, 0.3) is 11.3 Å². The number of hydrogen-bond acceptors (Lipinski definition) is 3. The van der Waals surface area contributed by atoms with Crippen molar-refractivity contribution >= 4 is 5.91 Å². The van der Waals surface area contributed by atoms with Crippen LogP contribution in [0, 0.1) is 12.8 Å². The molecule has 1 aliphatic rings. The number of nitrogens with zero attached hydrogens (tertiary/aromatic N) is 1. The second-order valence-electron chi connectivity index (χ2n) is 7.09. The second kappa shape index (κ2) is 8.15. The topological polar surface area (TPSA) is 55.1 Å². The van der Waals surface area contributed by atoms with Gasteiger partial charge in [-0.1, -0.05) is 42.7 Å². The molecule has 146 valence electrons. The molecule has 1 fully saturated rings. The molecule has 2 atom stereocenters. The van der Waals surface area contributed by atoms with Gasteiger partial charge in [-0.05, 0) is 19.8 Å². The summed E-state index contributed by atoms with van der Waals surface area (Å²) < 4.78 is 45.0. The number of carbonyl (C=O) groups excluding carboxylic acids is 1. The number of aromatic nitrogens is 1. The van der Waals surface area contributed by atoms with Gasteiger partial charge in [-0.25, -0.2) is 4.98 Å². The van der Waals surface area contributed by atoms with Crippen molar-refractivity contribution in [3.63, 3.8) is 0 Å². The molecule has 0 spiro atoms. The first-order valence-corrected chi connectivity index (χ1v) is 9.21. The number of rotatable bonds is 5. The van der Waals surface area contributed by atoms with Crippen molar-refractivity contribution in [1.29, 1.82) is 0 Å². The van der Waals surface area contributed by atoms with E-state index in [0.717, 1.165) is 11.1 Å². The average molecular weight is 380 g/mol. The van der Waals surface area contributed by atoms with Crippen LogP contribution in [0.5, 0.6) is 0 Å². The first kappa shape index (κ1) is 19.5. The van der Waals surface area contributed by atoms with Gasteiger partial charge >= 0.3 is 6.18 Å². The minimum Gasteiger partial charge on any atom is -0.441 e. The molecular formula is C20H23F3N2O2. The molecule has 1 amide bonds. The molecule has 1 aromatic heterocycles. The number of alkyl halides is 3. The highest BCUT2D eigenvalue weighted by Crippen LogP contribution is 2.37. The number of carbonyl (C=O) groups is 1. The van der Waals surface area contributed by atoms with Gasteiger partial charge in [0, 0.05) is 24.4 Å². The highest BCUT2D eigenvalue weighted by Gasteiger charge is 2.45. The standard InChI is InChI=1S/C20H23F3N2O2/c1-13-6-8-14(9-7-13)17-12-24-19(27-17)11-10-18(26)25-16-5-3-2-4-15(16)20(21,22)23/h6-9,12,15-16H,2-5,10-11H2,1H3,(H,25,26). The number of amides is 1. The van der Waals surface area contributed by atoms with Gasteiger partial charge in [0.2, 0.25) is 5.91 Å². The van der Waals surface area contributed by atoms with Gasteiger partial charge in [-0.2, -0.15) is 13.2 Å². The molecule has 2 aromatic rings. The SMILES string of the molecule is Cc1ccc(-c2cnc(CCC(=O)NC3CCCCC3C(F)(F)F)o2)cc1. The summed E-state index contributed by atoms with van der Waals surface area (Å²) in [6, 6.07) is 6.94. The minimum atomic E-state index is -4.27. The maximum Gasteiger partial charge on any atom is 0.393 e. The third-order valence-electron chi connectivity index (χ3n) is 4.99. The lowest BCUT2D eigenvalue weighted by Gasteiger charge is -2.33. The number of benzene rings is 1. The van der Waals surface area contributed by atoms with E-state index in [2.05, 4.69) is 10.3 Å². The lowest BCUT2D eigenvalue weighted by molar-refractivity contribution is -0.189. The zero-order chi connectivity index (χ0) is 19.4. The maximum atomic E-state index is 13.1. The van der Waals surface area contributed by atoms with Crippen molar-refractivity contribution < 1.29 is 22.4 Å². The Morgan fingerprint density at radius 1 is 1.22 bits per heavy atom. The van der Waals surface area contributed by atoms with Crippen LogP contribution in [0.2, 0.25) is 0 Å². The molecule has 1 aromatic carbocycles. The van der Waals surface area contributed by atoms with E-state index >= 15 is 0 Å². The highest BCUT2D eigenvalue weighted by molar-refractivity contribution is 5.76. The summed E-state index contributed by atoms with van der Waals surface area (Å²) in [5.41, 5.74) is 2.02. The summed E-state index contributed by atoms with van der Waals surface area (Å²) in [7, 11) is 0. The van der Waals surface area contributed by atoms with Crippen molar-refractivity contribution in [2.45, 2.75) is 57.7 Å². The quantitative estimate of drug-likeness (QED) is 0.809. The Balaban J connectivity index is 1.54. The first-order chi connectivity index (χ1) is 12.8. The molecule has 1 aliphatic carbocycles. The fourth-order valence-corrected chi connectivity index (χ4v) is 3.47. The molecule has 3 rings (SSSR count). The fourth-order valence-electron chi connectivity index (χ4n) is 3.47. The van der Waals surface area contributed by atoms with Crippen LogP contribution in [-0.2, 0) is 11.2 Å². The van der Waals surface area contributed by atoms with Crippen LogP contribution in [0.15, 0.2) is 34.9 Å². The molecule has 27 heavy (non-hydrogen) atoms. The molecule has 7 heteroatoms. The van der Waals surface area contributed by atoms with Crippen molar-refractivity contribution in [2.24, 2.45) is 5.92 Å². The van der Waals surface area contributed by atoms with E-state index in [-0.39, 0.29) is 19.3 Å². The third-order valence-corrected chi connectivity index (χ3v) is 4.99. The van der Waals surface area contributed by atoms with Crippen molar-refractivity contribution in [2.75, 3.05) is 0 Å². The van der Waals surface area contributed by atoms with Crippen LogP contribution >= 0.6 is 0 Å². The van der Waals surface area contributed by atoms with Crippen LogP contribution in [0.4, 0.5) is 13.2 Å². The van der Waals surface area contributed by atoms with E-state index < -0.39 is 24.0 Å². The van der Waals surface area contributed by atoms with Gasteiger partial charge in [0.25, 0.3) is 0 Å². The molecule has 0 bridgehead atoms. The Morgan fingerprint density at radius 2 is 1.93 bits per heavy atom. The monoisotopic (exact) mass is 380 g/mol. The normalized spacial score (nSPS) is 20.4. The number of nitrogens with one attached hydrogen (secondary N) is 1. The summed E-state index contributed by atoms with van der Waals surface area (Å²) in [4.78, 5) is 16.3. The van der Waals surface area contributed by atoms with E-state index in [4.69, 9.17) is 4.42 Å². The predicted octanol–water partition coefficient (Wildman–Crippen LogP) is 4.82. The summed E-state index contributed by atoms with van der Waals surface area (Å²) in [5.74, 6) is -0.845. The van der Waals surface area contributed by atoms with E-state index in [9.17, 15) is 18.0 Å². The molecular weight excluding hydrogens is 357 g/mol. The van der Waals surface area contributed by atoms with Crippen LogP contribution in [0.3, 0.4) is 0 Å². The number of aryl methyl sites for hydroxylation is 2. The molecule has 1 heterocycles. The smallest absolute Gasteiger partial charge is 0.393 e. The molecule has 0 saturated heterocycles. The lowest BCUT2D eigenvalue weighted by Crippen LogP contribution is -2.47. The zero-order valence-electron chi connectivity index (χ0n) is 15.2. The number of oxazole rings is 1. The lowest BCUT2D eigenvalue weighted by atomic mass is 9.84. The Kier molecular flexibility index (Phi) is 5.87. The molecule has 1 saturated carbocycles. The van der Waals surface area contributed by atoms with E-state index in [1.165, 1.54) is 0 Å². The molecule has 0 aliphatic heterocycles. The first-order valence-electron chi connectivity index (χ1n) is 9.21. The third kappa shape index (κ3) is 5.11. The van der Waals surface area contributed by atoms with Gasteiger partial charge in [0.1, 0.15) is 0 Å². The average Bonchev–Trinajstić information content (AvgIpc) is 3.09. The number of hydrogen-bond donors (Lipinski definition) is 1. The van der Waals surface area contributed by atoms with E-state index in [0.29, 0.717) is 30.9 Å². The van der Waals surface area contributed by atoms with Gasteiger partial charge in [0.05, 0.1) is 12.1 Å². The summed E-state index contributed by atoms with van der Waals surface area (Å²) in [6.07, 6.45) is -0.676. The second-order valence-corrected chi connectivity index (χ2v) is 7.09.